The molecule has 1 atom stereocenters. The number of carbonyl (C=O) groups is 1. The fourth-order valence-electron chi connectivity index (χ4n) is 1.99. The van der Waals surface area contributed by atoms with Crippen molar-refractivity contribution in [3.63, 3.8) is 0 Å². The van der Waals surface area contributed by atoms with Crippen molar-refractivity contribution < 1.29 is 19.5 Å². The molecule has 2 radical (unpaired) electrons. The van der Waals surface area contributed by atoms with Gasteiger partial charge in [0.2, 0.25) is 0 Å². The largest absolute Gasteiger partial charge is 0.628 e. The highest BCUT2D eigenvalue weighted by Gasteiger charge is 2.22. The number of rotatable bonds is 4. The zero-order chi connectivity index (χ0) is 13.0. The van der Waals surface area contributed by atoms with Crippen LogP contribution in [0.2, 0.25) is 0 Å². The van der Waals surface area contributed by atoms with E-state index in [1.54, 1.807) is 11.3 Å². The van der Waals surface area contributed by atoms with Gasteiger partial charge in [-0.25, -0.2) is 0 Å². The lowest BCUT2D eigenvalue weighted by Gasteiger charge is -2.14. The van der Waals surface area contributed by atoms with Gasteiger partial charge in [-0.15, -0.1) is 11.3 Å². The first-order valence-corrected chi connectivity index (χ1v) is 7.16. The van der Waals surface area contributed by atoms with Crippen molar-refractivity contribution in [2.45, 2.75) is 19.3 Å². The van der Waals surface area contributed by atoms with Gasteiger partial charge >= 0.3 is 16.6 Å². The summed E-state index contributed by atoms with van der Waals surface area (Å²) in [5.74, 6) is -0.375. The predicted octanol–water partition coefficient (Wildman–Crippen LogP) is 1.89. The third-order valence-electron chi connectivity index (χ3n) is 2.91. The molecule has 0 aliphatic heterocycles. The molecule has 2 rings (SSSR count). The molecule has 0 bridgehead atoms. The summed E-state index contributed by atoms with van der Waals surface area (Å²) in [6.45, 7) is 2.00. The zero-order valence-electron chi connectivity index (χ0n) is 11.1. The quantitative estimate of drug-likeness (QED) is 0.807. The standard InChI is InChI=1S/C14H14O2S.Al.2H2O/c1-2-11(14(15)16)13-12(8-9-17-13)10-6-4-3-5-7-10;;;/h3-9,11H,2H2,1H3,(H,15,16);;2*1H2/q;+1;;/p-1. The summed E-state index contributed by atoms with van der Waals surface area (Å²) in [5.41, 5.74) is 2.27. The summed E-state index contributed by atoms with van der Waals surface area (Å²) < 4.78 is 4.80. The van der Waals surface area contributed by atoms with Crippen molar-refractivity contribution in [2.75, 3.05) is 0 Å². The van der Waals surface area contributed by atoms with Crippen LogP contribution in [-0.4, -0.2) is 33.5 Å². The van der Waals surface area contributed by atoms with Crippen molar-refractivity contribution >= 4 is 33.9 Å². The average Bonchev–Trinajstić information content (AvgIpc) is 2.89. The molecule has 1 heterocycles. The average molecular weight is 308 g/mol. The first kappa shape index (κ1) is 18.8. The zero-order valence-corrected chi connectivity index (χ0v) is 13.1. The predicted molar refractivity (Wildman–Crippen MR) is 81.9 cm³/mol. The van der Waals surface area contributed by atoms with Gasteiger partial charge in [-0.1, -0.05) is 37.3 Å². The Kier molecular flexibility index (Phi) is 8.39. The highest BCUT2D eigenvalue weighted by Crippen LogP contribution is 2.36. The van der Waals surface area contributed by atoms with Gasteiger partial charge in [-0.2, -0.15) is 0 Å². The Morgan fingerprint density at radius 3 is 2.45 bits per heavy atom. The van der Waals surface area contributed by atoms with E-state index in [0.29, 0.717) is 0 Å². The summed E-state index contributed by atoms with van der Waals surface area (Å²) in [4.78, 5) is 12.9. The molecule has 0 spiro atoms. The molecule has 1 aromatic heterocycles. The van der Waals surface area contributed by atoms with Crippen LogP contribution < -0.4 is 0 Å². The Morgan fingerprint density at radius 1 is 1.25 bits per heavy atom. The number of benzene rings is 1. The van der Waals surface area contributed by atoms with Crippen molar-refractivity contribution in [3.8, 4) is 11.1 Å². The van der Waals surface area contributed by atoms with E-state index < -0.39 is 0 Å². The maximum absolute atomic E-state index is 11.8. The van der Waals surface area contributed by atoms with Crippen LogP contribution in [0.3, 0.4) is 0 Å². The van der Waals surface area contributed by atoms with Gasteiger partial charge < -0.3 is 14.7 Å². The summed E-state index contributed by atoms with van der Waals surface area (Å²) in [6, 6.07) is 12.2. The van der Waals surface area contributed by atoms with E-state index in [9.17, 15) is 4.79 Å². The third kappa shape index (κ3) is 3.92. The molecule has 0 amide bonds. The molecule has 0 saturated carbocycles. The van der Waals surface area contributed by atoms with Crippen molar-refractivity contribution in [2.24, 2.45) is 0 Å². The minimum Gasteiger partial charge on any atom is -0.628 e. The first-order chi connectivity index (χ1) is 8.77. The van der Waals surface area contributed by atoms with E-state index in [2.05, 4.69) is 18.2 Å². The Morgan fingerprint density at radius 2 is 1.90 bits per heavy atom. The number of hydrogen-bond donors (Lipinski definition) is 0. The molecule has 1 aromatic carbocycles. The number of carbonyl (C=O) groups excluding carboxylic acids is 1. The van der Waals surface area contributed by atoms with E-state index in [0.717, 1.165) is 22.4 Å². The van der Waals surface area contributed by atoms with Crippen LogP contribution in [0.4, 0.5) is 0 Å². The molecule has 2 aromatic rings. The van der Waals surface area contributed by atoms with Gasteiger partial charge in [0.05, 0.1) is 5.92 Å². The maximum Gasteiger partial charge on any atom is 0.484 e. The van der Waals surface area contributed by atoms with Crippen LogP contribution in [0.1, 0.15) is 24.1 Å². The summed E-state index contributed by atoms with van der Waals surface area (Å²) in [5, 5.41) is 2.02. The lowest BCUT2D eigenvalue weighted by Crippen LogP contribution is -2.13. The summed E-state index contributed by atoms with van der Waals surface area (Å²) >= 11 is 3.65. The molecular weight excluding hydrogens is 291 g/mol. The van der Waals surface area contributed by atoms with Gasteiger partial charge in [0.25, 0.3) is 5.97 Å². The Hall–Kier alpha value is -1.16. The number of thiophene rings is 1. The fourth-order valence-corrected chi connectivity index (χ4v) is 3.24. The topological polar surface area (TPSA) is 89.3 Å². The van der Waals surface area contributed by atoms with Crippen LogP contribution >= 0.6 is 11.3 Å². The van der Waals surface area contributed by atoms with Crippen LogP contribution in [0.5, 0.6) is 0 Å². The Balaban J connectivity index is 0.00000180. The van der Waals surface area contributed by atoms with Crippen molar-refractivity contribution in [3.05, 3.63) is 46.7 Å². The highest BCUT2D eigenvalue weighted by molar-refractivity contribution is 7.10. The molecular formula is C14H17AlO4S. The lowest BCUT2D eigenvalue weighted by molar-refractivity contribution is -0.135. The molecule has 106 valence electrons. The van der Waals surface area contributed by atoms with E-state index in [1.807, 2.05) is 47.1 Å². The molecule has 0 saturated heterocycles. The van der Waals surface area contributed by atoms with Crippen LogP contribution in [-0.2, 0) is 8.58 Å². The van der Waals surface area contributed by atoms with E-state index in [4.69, 9.17) is 3.79 Å². The van der Waals surface area contributed by atoms with Gasteiger partial charge in [-0.3, -0.25) is 4.79 Å². The highest BCUT2D eigenvalue weighted by atomic mass is 32.1. The van der Waals surface area contributed by atoms with Crippen LogP contribution in [0.25, 0.3) is 11.1 Å². The SMILES string of the molecule is CCC(C(=O)[O][Al])c1sccc1-c1ccccc1.O.O. The van der Waals surface area contributed by atoms with Gasteiger partial charge in [0, 0.05) is 4.88 Å². The second-order valence-electron chi connectivity index (χ2n) is 3.96. The fraction of sp³-hybridized carbons (Fsp3) is 0.214. The lowest BCUT2D eigenvalue weighted by atomic mass is 9.97. The van der Waals surface area contributed by atoms with E-state index in [-0.39, 0.29) is 22.8 Å². The minimum absolute atomic E-state index is 0. The molecule has 20 heavy (non-hydrogen) atoms. The second-order valence-corrected chi connectivity index (χ2v) is 5.15. The van der Waals surface area contributed by atoms with Crippen LogP contribution in [0.15, 0.2) is 41.8 Å². The van der Waals surface area contributed by atoms with Gasteiger partial charge in [0.1, 0.15) is 0 Å². The first-order valence-electron chi connectivity index (χ1n) is 5.81. The van der Waals surface area contributed by atoms with Gasteiger partial charge in [-0.05, 0) is 29.0 Å². The molecule has 4 nitrogen and oxygen atoms in total. The monoisotopic (exact) mass is 308 g/mol. The smallest absolute Gasteiger partial charge is 0.484 e. The normalized spacial score (nSPS) is 10.8. The summed E-state index contributed by atoms with van der Waals surface area (Å²) in [6.07, 6.45) is 0.744. The van der Waals surface area contributed by atoms with Crippen molar-refractivity contribution in [1.29, 1.82) is 0 Å². The van der Waals surface area contributed by atoms with Crippen molar-refractivity contribution in [1.82, 2.24) is 0 Å². The minimum atomic E-state index is -0.192. The molecule has 0 aliphatic carbocycles. The van der Waals surface area contributed by atoms with E-state index in [1.165, 1.54) is 0 Å². The molecule has 0 fully saturated rings. The molecule has 6 heteroatoms. The maximum atomic E-state index is 11.8. The second kappa shape index (κ2) is 8.90. The molecule has 1 unspecified atom stereocenters. The van der Waals surface area contributed by atoms with Crippen LogP contribution in [0, 0.1) is 0 Å². The van der Waals surface area contributed by atoms with E-state index >= 15 is 0 Å². The Labute approximate surface area is 130 Å². The number of hydrogen-bond acceptors (Lipinski definition) is 3. The van der Waals surface area contributed by atoms with Gasteiger partial charge in [0.15, 0.2) is 0 Å². The Bertz CT molecular complexity index is 527. The third-order valence-corrected chi connectivity index (χ3v) is 4.17. The summed E-state index contributed by atoms with van der Waals surface area (Å²) in [7, 11) is 0. The molecule has 0 aliphatic rings. The molecule has 4 N–H and O–H groups in total.